The Labute approximate surface area is 92.9 Å². The van der Waals surface area contributed by atoms with Gasteiger partial charge in [0, 0.05) is 5.39 Å². The van der Waals surface area contributed by atoms with Crippen molar-refractivity contribution in [3.63, 3.8) is 0 Å². The van der Waals surface area contributed by atoms with Crippen LogP contribution in [0, 0.1) is 5.82 Å². The van der Waals surface area contributed by atoms with Crippen molar-refractivity contribution < 1.29 is 18.3 Å². The monoisotopic (exact) mass is 272 g/mol. The average Bonchev–Trinajstić information content (AvgIpc) is 2.60. The third-order valence-corrected chi connectivity index (χ3v) is 2.51. The molecule has 78 valence electrons. The predicted molar refractivity (Wildman–Crippen MR) is 55.2 cm³/mol. The van der Waals surface area contributed by atoms with E-state index in [1.165, 1.54) is 25.3 Å². The molecule has 2 rings (SSSR count). The summed E-state index contributed by atoms with van der Waals surface area (Å²) in [5.41, 5.74) is 0.428. The first-order valence-corrected chi connectivity index (χ1v) is 4.88. The Morgan fingerprint density at radius 3 is 2.87 bits per heavy atom. The fourth-order valence-electron chi connectivity index (χ4n) is 1.28. The zero-order valence-electron chi connectivity index (χ0n) is 7.71. The molecule has 0 saturated carbocycles. The molecule has 1 aromatic heterocycles. The molecule has 3 nitrogen and oxygen atoms in total. The van der Waals surface area contributed by atoms with Gasteiger partial charge in [0.05, 0.1) is 11.6 Å². The number of fused-ring (bicyclic) bond motifs is 1. The van der Waals surface area contributed by atoms with Crippen LogP contribution in [0.2, 0.25) is 0 Å². The fraction of sp³-hybridized carbons (Fsp3) is 0.100. The number of hydrogen-bond acceptors (Lipinski definition) is 3. The maximum atomic E-state index is 13.0. The van der Waals surface area contributed by atoms with E-state index in [2.05, 4.69) is 20.7 Å². The first-order valence-electron chi connectivity index (χ1n) is 4.08. The van der Waals surface area contributed by atoms with Crippen molar-refractivity contribution in [2.75, 3.05) is 7.11 Å². The van der Waals surface area contributed by atoms with Crippen molar-refractivity contribution in [2.45, 2.75) is 0 Å². The average molecular weight is 273 g/mol. The summed E-state index contributed by atoms with van der Waals surface area (Å²) >= 11 is 3.15. The van der Waals surface area contributed by atoms with E-state index in [0.717, 1.165) is 0 Å². The first-order chi connectivity index (χ1) is 7.11. The molecule has 2 aromatic rings. The number of ether oxygens (including phenoxy) is 1. The van der Waals surface area contributed by atoms with E-state index in [9.17, 15) is 9.18 Å². The highest BCUT2D eigenvalue weighted by Crippen LogP contribution is 2.28. The maximum absolute atomic E-state index is 13.0. The molecule has 0 bridgehead atoms. The lowest BCUT2D eigenvalue weighted by atomic mass is 10.2. The third kappa shape index (κ3) is 1.74. The molecule has 0 amide bonds. The van der Waals surface area contributed by atoms with Gasteiger partial charge in [-0.25, -0.2) is 9.18 Å². The van der Waals surface area contributed by atoms with Crippen molar-refractivity contribution in [3.8, 4) is 0 Å². The van der Waals surface area contributed by atoms with E-state index < -0.39 is 11.8 Å². The van der Waals surface area contributed by atoms with Gasteiger partial charge in [0.15, 0.2) is 0 Å². The molecule has 0 atom stereocenters. The Bertz CT molecular complexity index is 533. The van der Waals surface area contributed by atoms with Crippen LogP contribution in [0.15, 0.2) is 27.1 Å². The summed E-state index contributed by atoms with van der Waals surface area (Å²) in [6.07, 6.45) is 0. The Hall–Kier alpha value is -1.36. The summed E-state index contributed by atoms with van der Waals surface area (Å²) in [7, 11) is 1.26. The Morgan fingerprint density at radius 2 is 2.20 bits per heavy atom. The fourth-order valence-corrected chi connectivity index (χ4v) is 1.81. The van der Waals surface area contributed by atoms with E-state index >= 15 is 0 Å². The van der Waals surface area contributed by atoms with Gasteiger partial charge in [-0.3, -0.25) is 0 Å². The highest BCUT2D eigenvalue weighted by atomic mass is 79.9. The zero-order chi connectivity index (χ0) is 11.0. The third-order valence-electron chi connectivity index (χ3n) is 1.92. The molecule has 15 heavy (non-hydrogen) atoms. The number of rotatable bonds is 1. The van der Waals surface area contributed by atoms with Crippen LogP contribution in [0.3, 0.4) is 0 Å². The Morgan fingerprint density at radius 1 is 1.47 bits per heavy atom. The zero-order valence-corrected chi connectivity index (χ0v) is 9.30. The SMILES string of the molecule is COC(=O)c1cc2cc(F)cc(Br)c2o1. The molecule has 5 heteroatoms. The van der Waals surface area contributed by atoms with Crippen LogP contribution >= 0.6 is 15.9 Å². The molecule has 0 aliphatic heterocycles. The van der Waals surface area contributed by atoms with Gasteiger partial charge in [-0.15, -0.1) is 0 Å². The number of hydrogen-bond donors (Lipinski definition) is 0. The van der Waals surface area contributed by atoms with Gasteiger partial charge < -0.3 is 9.15 Å². The minimum Gasteiger partial charge on any atom is -0.463 e. The molecule has 1 heterocycles. The van der Waals surface area contributed by atoms with Crippen LogP contribution in [0.1, 0.15) is 10.6 Å². The van der Waals surface area contributed by atoms with E-state index in [0.29, 0.717) is 15.4 Å². The number of carbonyl (C=O) groups excluding carboxylic acids is 1. The number of halogens is 2. The highest BCUT2D eigenvalue weighted by Gasteiger charge is 2.14. The molecule has 0 N–H and O–H groups in total. The van der Waals surface area contributed by atoms with Gasteiger partial charge in [0.2, 0.25) is 5.76 Å². The summed E-state index contributed by atoms with van der Waals surface area (Å²) in [4.78, 5) is 11.2. The summed E-state index contributed by atoms with van der Waals surface area (Å²) in [6, 6.07) is 4.00. The van der Waals surface area contributed by atoms with Gasteiger partial charge in [-0.2, -0.15) is 0 Å². The number of methoxy groups -OCH3 is 1. The molecular formula is C10H6BrFO3. The predicted octanol–water partition coefficient (Wildman–Crippen LogP) is 3.12. The lowest BCUT2D eigenvalue weighted by Gasteiger charge is -1.93. The van der Waals surface area contributed by atoms with Crippen molar-refractivity contribution in [2.24, 2.45) is 0 Å². The highest BCUT2D eigenvalue weighted by molar-refractivity contribution is 9.10. The lowest BCUT2D eigenvalue weighted by molar-refractivity contribution is 0.0567. The molecule has 0 spiro atoms. The molecular weight excluding hydrogens is 267 g/mol. The van der Waals surface area contributed by atoms with Gasteiger partial charge in [-0.1, -0.05) is 0 Å². The van der Waals surface area contributed by atoms with E-state index in [4.69, 9.17) is 4.42 Å². The Kier molecular flexibility index (Phi) is 2.48. The standard InChI is InChI=1S/C10H6BrFO3/c1-14-10(13)8-3-5-2-6(12)4-7(11)9(5)15-8/h2-4H,1H3. The molecule has 0 aliphatic rings. The number of benzene rings is 1. The topological polar surface area (TPSA) is 39.4 Å². The second-order valence-corrected chi connectivity index (χ2v) is 3.76. The van der Waals surface area contributed by atoms with Crippen LogP contribution < -0.4 is 0 Å². The first kappa shape index (κ1) is 10.2. The van der Waals surface area contributed by atoms with Crippen LogP contribution in [0.4, 0.5) is 4.39 Å². The van der Waals surface area contributed by atoms with Crippen LogP contribution in [-0.2, 0) is 4.74 Å². The van der Waals surface area contributed by atoms with Crippen LogP contribution in [-0.4, -0.2) is 13.1 Å². The lowest BCUT2D eigenvalue weighted by Crippen LogP contribution is -1.97. The van der Waals surface area contributed by atoms with Crippen LogP contribution in [0.25, 0.3) is 11.0 Å². The van der Waals surface area contributed by atoms with Gasteiger partial charge >= 0.3 is 5.97 Å². The van der Waals surface area contributed by atoms with E-state index in [-0.39, 0.29) is 5.76 Å². The maximum Gasteiger partial charge on any atom is 0.373 e. The largest absolute Gasteiger partial charge is 0.463 e. The summed E-state index contributed by atoms with van der Waals surface area (Å²) in [5.74, 6) is -0.927. The molecule has 0 unspecified atom stereocenters. The molecule has 0 aliphatic carbocycles. The quantitative estimate of drug-likeness (QED) is 0.749. The summed E-state index contributed by atoms with van der Waals surface area (Å²) in [5, 5.41) is 0.516. The summed E-state index contributed by atoms with van der Waals surface area (Å²) < 4.78 is 23.2. The van der Waals surface area contributed by atoms with Gasteiger partial charge in [0.25, 0.3) is 0 Å². The minimum atomic E-state index is -0.585. The number of esters is 1. The van der Waals surface area contributed by atoms with E-state index in [1.807, 2.05) is 0 Å². The van der Waals surface area contributed by atoms with Crippen molar-refractivity contribution in [1.29, 1.82) is 0 Å². The Balaban J connectivity index is 2.65. The van der Waals surface area contributed by atoms with Crippen molar-refractivity contribution in [1.82, 2.24) is 0 Å². The van der Waals surface area contributed by atoms with E-state index in [1.54, 1.807) is 0 Å². The van der Waals surface area contributed by atoms with Gasteiger partial charge in [0.1, 0.15) is 11.4 Å². The molecule has 0 radical (unpaired) electrons. The molecule has 0 saturated heterocycles. The number of carbonyl (C=O) groups is 1. The molecule has 1 aromatic carbocycles. The van der Waals surface area contributed by atoms with Crippen LogP contribution in [0.5, 0.6) is 0 Å². The second-order valence-electron chi connectivity index (χ2n) is 2.91. The smallest absolute Gasteiger partial charge is 0.373 e. The van der Waals surface area contributed by atoms with Crippen molar-refractivity contribution in [3.05, 3.63) is 34.2 Å². The van der Waals surface area contributed by atoms with Gasteiger partial charge in [-0.05, 0) is 34.1 Å². The number of furan rings is 1. The normalized spacial score (nSPS) is 10.6. The summed E-state index contributed by atoms with van der Waals surface area (Å²) in [6.45, 7) is 0. The van der Waals surface area contributed by atoms with Crippen molar-refractivity contribution >= 4 is 32.9 Å². The minimum absolute atomic E-state index is 0.0544. The second kappa shape index (κ2) is 3.66. The molecule has 0 fully saturated rings.